The normalized spacial score (nSPS) is 25.5. The summed E-state index contributed by atoms with van der Waals surface area (Å²) in [5.41, 5.74) is 1.72. The van der Waals surface area contributed by atoms with Gasteiger partial charge in [-0.1, -0.05) is 30.3 Å². The van der Waals surface area contributed by atoms with Crippen LogP contribution in [0, 0.1) is 0 Å². The van der Waals surface area contributed by atoms with E-state index in [1.807, 2.05) is 0 Å². The lowest BCUT2D eigenvalue weighted by atomic mass is 10.0. The first kappa shape index (κ1) is 12.7. The van der Waals surface area contributed by atoms with E-state index in [1.165, 1.54) is 18.4 Å². The van der Waals surface area contributed by atoms with Crippen LogP contribution >= 0.6 is 0 Å². The van der Waals surface area contributed by atoms with Crippen LogP contribution in [0.25, 0.3) is 0 Å². The second-order valence-electron chi connectivity index (χ2n) is 5.96. The predicted octanol–water partition coefficient (Wildman–Crippen LogP) is 2.02. The van der Waals surface area contributed by atoms with Crippen LogP contribution in [0.15, 0.2) is 30.3 Å². The van der Waals surface area contributed by atoms with Crippen LogP contribution in [0.4, 0.5) is 0 Å². The first-order valence-corrected chi connectivity index (χ1v) is 7.34. The third kappa shape index (κ3) is 3.35. The quantitative estimate of drug-likeness (QED) is 0.867. The molecule has 0 radical (unpaired) electrons. The van der Waals surface area contributed by atoms with Gasteiger partial charge in [0, 0.05) is 24.5 Å². The fourth-order valence-electron chi connectivity index (χ4n) is 3.01. The zero-order valence-electron chi connectivity index (χ0n) is 11.3. The Hall–Kier alpha value is -1.35. The van der Waals surface area contributed by atoms with Crippen LogP contribution < -0.4 is 10.6 Å². The Bertz CT molecular complexity index is 439. The molecule has 2 N–H and O–H groups in total. The van der Waals surface area contributed by atoms with Gasteiger partial charge in [0.1, 0.15) is 0 Å². The van der Waals surface area contributed by atoms with Gasteiger partial charge < -0.3 is 10.6 Å². The molecule has 1 aromatic rings. The number of carbonyl (C=O) groups is 1. The molecule has 1 saturated heterocycles. The molecular weight excluding hydrogens is 236 g/mol. The summed E-state index contributed by atoms with van der Waals surface area (Å²) < 4.78 is 0. The van der Waals surface area contributed by atoms with Crippen molar-refractivity contribution >= 4 is 5.91 Å². The fraction of sp³-hybridized carbons (Fsp3) is 0.562. The minimum absolute atomic E-state index is 0.206. The first-order chi connectivity index (χ1) is 9.26. The molecule has 2 aliphatic rings. The van der Waals surface area contributed by atoms with Crippen molar-refractivity contribution in [1.82, 2.24) is 10.6 Å². The van der Waals surface area contributed by atoms with E-state index in [4.69, 9.17) is 0 Å². The number of rotatable bonds is 4. The predicted molar refractivity (Wildman–Crippen MR) is 75.9 cm³/mol. The Balaban J connectivity index is 1.58. The van der Waals surface area contributed by atoms with E-state index in [-0.39, 0.29) is 5.91 Å². The molecule has 1 amide bonds. The molecule has 3 rings (SSSR count). The number of carbonyl (C=O) groups excluding carboxylic acids is 1. The third-order valence-electron chi connectivity index (χ3n) is 4.28. The van der Waals surface area contributed by atoms with E-state index in [9.17, 15) is 4.79 Å². The van der Waals surface area contributed by atoms with Crippen molar-refractivity contribution in [3.63, 3.8) is 0 Å². The first-order valence-electron chi connectivity index (χ1n) is 7.34. The lowest BCUT2D eigenvalue weighted by Gasteiger charge is -2.24. The highest BCUT2D eigenvalue weighted by Gasteiger charge is 2.43. The number of amides is 1. The van der Waals surface area contributed by atoms with Crippen LogP contribution in [0.3, 0.4) is 0 Å². The van der Waals surface area contributed by atoms with Gasteiger partial charge in [0.2, 0.25) is 5.91 Å². The number of nitrogens with one attached hydrogen (secondary N) is 2. The van der Waals surface area contributed by atoms with Gasteiger partial charge in [-0.15, -0.1) is 0 Å². The van der Waals surface area contributed by atoms with Crippen LogP contribution in [0.5, 0.6) is 0 Å². The Labute approximate surface area is 114 Å². The highest BCUT2D eigenvalue weighted by molar-refractivity contribution is 5.76. The molecule has 1 aliphatic carbocycles. The second-order valence-corrected chi connectivity index (χ2v) is 5.96. The zero-order chi connectivity index (χ0) is 13.1. The van der Waals surface area contributed by atoms with Crippen LogP contribution in [-0.4, -0.2) is 24.0 Å². The molecule has 2 fully saturated rings. The van der Waals surface area contributed by atoms with Crippen LogP contribution in [0.2, 0.25) is 0 Å². The molecule has 3 nitrogen and oxygen atoms in total. The summed E-state index contributed by atoms with van der Waals surface area (Å²) >= 11 is 0. The van der Waals surface area contributed by atoms with Gasteiger partial charge in [0.25, 0.3) is 0 Å². The SMILES string of the molecule is O=C1CC[C@@H](NC2(Cc3ccccc3)CC2)CCN1. The molecule has 102 valence electrons. The van der Waals surface area contributed by atoms with Gasteiger partial charge in [-0.2, -0.15) is 0 Å². The molecule has 3 heteroatoms. The van der Waals surface area contributed by atoms with Gasteiger partial charge >= 0.3 is 0 Å². The highest BCUT2D eigenvalue weighted by Crippen LogP contribution is 2.39. The Morgan fingerprint density at radius 1 is 1.21 bits per heavy atom. The van der Waals surface area contributed by atoms with E-state index < -0.39 is 0 Å². The topological polar surface area (TPSA) is 41.1 Å². The zero-order valence-corrected chi connectivity index (χ0v) is 11.3. The average molecular weight is 258 g/mol. The molecule has 1 aliphatic heterocycles. The molecule has 1 heterocycles. The van der Waals surface area contributed by atoms with Crippen molar-refractivity contribution in [1.29, 1.82) is 0 Å². The molecule has 1 saturated carbocycles. The molecule has 1 atom stereocenters. The molecule has 0 aromatic heterocycles. The maximum absolute atomic E-state index is 11.4. The lowest BCUT2D eigenvalue weighted by Crippen LogP contribution is -2.42. The van der Waals surface area contributed by atoms with E-state index in [0.29, 0.717) is 18.0 Å². The van der Waals surface area contributed by atoms with Crippen molar-refractivity contribution in [3.8, 4) is 0 Å². The molecule has 0 bridgehead atoms. The van der Waals surface area contributed by atoms with Crippen molar-refractivity contribution in [2.24, 2.45) is 0 Å². The third-order valence-corrected chi connectivity index (χ3v) is 4.28. The highest BCUT2D eigenvalue weighted by atomic mass is 16.1. The molecule has 0 unspecified atom stereocenters. The molecule has 1 aromatic carbocycles. The smallest absolute Gasteiger partial charge is 0.220 e. The fourth-order valence-corrected chi connectivity index (χ4v) is 3.01. The second kappa shape index (κ2) is 5.33. The van der Waals surface area contributed by atoms with Gasteiger partial charge in [0.05, 0.1) is 0 Å². The summed E-state index contributed by atoms with van der Waals surface area (Å²) in [5, 5.41) is 6.77. The Morgan fingerprint density at radius 2 is 2.00 bits per heavy atom. The monoisotopic (exact) mass is 258 g/mol. The largest absolute Gasteiger partial charge is 0.356 e. The van der Waals surface area contributed by atoms with E-state index in [1.54, 1.807) is 0 Å². The van der Waals surface area contributed by atoms with Crippen LogP contribution in [-0.2, 0) is 11.2 Å². The number of benzene rings is 1. The molecule has 19 heavy (non-hydrogen) atoms. The molecular formula is C16H22N2O. The number of hydrogen-bond donors (Lipinski definition) is 2. The maximum Gasteiger partial charge on any atom is 0.220 e. The van der Waals surface area contributed by atoms with Crippen molar-refractivity contribution < 1.29 is 4.79 Å². The minimum Gasteiger partial charge on any atom is -0.356 e. The summed E-state index contributed by atoms with van der Waals surface area (Å²) in [5.74, 6) is 0.206. The Morgan fingerprint density at radius 3 is 2.74 bits per heavy atom. The van der Waals surface area contributed by atoms with Crippen molar-refractivity contribution in [2.45, 2.75) is 50.1 Å². The Kier molecular flexibility index (Phi) is 3.56. The summed E-state index contributed by atoms with van der Waals surface area (Å²) in [7, 11) is 0. The maximum atomic E-state index is 11.4. The van der Waals surface area contributed by atoms with Crippen LogP contribution in [0.1, 0.15) is 37.7 Å². The number of hydrogen-bond acceptors (Lipinski definition) is 2. The average Bonchev–Trinajstić information content (AvgIpc) is 3.18. The summed E-state index contributed by atoms with van der Waals surface area (Å²) in [4.78, 5) is 11.4. The van der Waals surface area contributed by atoms with E-state index >= 15 is 0 Å². The van der Waals surface area contributed by atoms with Crippen molar-refractivity contribution in [2.75, 3.05) is 6.54 Å². The van der Waals surface area contributed by atoms with Gasteiger partial charge in [-0.05, 0) is 37.7 Å². The summed E-state index contributed by atoms with van der Waals surface area (Å²) in [6, 6.07) is 11.2. The van der Waals surface area contributed by atoms with Gasteiger partial charge in [-0.3, -0.25) is 4.79 Å². The summed E-state index contributed by atoms with van der Waals surface area (Å²) in [6.07, 6.45) is 6.34. The molecule has 0 spiro atoms. The summed E-state index contributed by atoms with van der Waals surface area (Å²) in [6.45, 7) is 0.817. The van der Waals surface area contributed by atoms with Gasteiger partial charge in [-0.25, -0.2) is 0 Å². The lowest BCUT2D eigenvalue weighted by molar-refractivity contribution is -0.120. The van der Waals surface area contributed by atoms with E-state index in [2.05, 4.69) is 41.0 Å². The van der Waals surface area contributed by atoms with Crippen molar-refractivity contribution in [3.05, 3.63) is 35.9 Å². The van der Waals surface area contributed by atoms with Gasteiger partial charge in [0.15, 0.2) is 0 Å². The minimum atomic E-state index is 0.206. The van der Waals surface area contributed by atoms with E-state index in [0.717, 1.165) is 25.8 Å². The standard InChI is InChI=1S/C16H22N2O/c19-15-7-6-14(8-11-17-15)18-16(9-10-16)12-13-4-2-1-3-5-13/h1-5,14,18H,6-12H2,(H,17,19)/t14-/m1/s1.